The number of amides is 1. The summed E-state index contributed by atoms with van der Waals surface area (Å²) in [6.45, 7) is 2.89. The van der Waals surface area contributed by atoms with Crippen molar-refractivity contribution in [1.29, 1.82) is 0 Å². The predicted octanol–water partition coefficient (Wildman–Crippen LogP) is 3.63. The van der Waals surface area contributed by atoms with Crippen LogP contribution in [-0.2, 0) is 11.2 Å². The van der Waals surface area contributed by atoms with Gasteiger partial charge in [-0.2, -0.15) is 0 Å². The molecule has 4 nitrogen and oxygen atoms in total. The summed E-state index contributed by atoms with van der Waals surface area (Å²) in [4.78, 5) is 24.9. The summed E-state index contributed by atoms with van der Waals surface area (Å²) in [6.07, 6.45) is 7.46. The summed E-state index contributed by atoms with van der Waals surface area (Å²) < 4.78 is 0. The number of carbonyl (C=O) groups excluding carboxylic acids is 1. The fourth-order valence-corrected chi connectivity index (χ4v) is 2.79. The van der Waals surface area contributed by atoms with Crippen molar-refractivity contribution in [2.45, 2.75) is 51.9 Å². The molecule has 0 unspecified atom stereocenters. The van der Waals surface area contributed by atoms with E-state index in [1.54, 1.807) is 23.1 Å². The maximum Gasteiger partial charge on any atom is 0.335 e. The molecule has 2 rings (SSSR count). The summed E-state index contributed by atoms with van der Waals surface area (Å²) in [7, 11) is 0. The third kappa shape index (κ3) is 3.84. The lowest BCUT2D eigenvalue weighted by Gasteiger charge is -2.17. The van der Waals surface area contributed by atoms with E-state index in [0.717, 1.165) is 24.1 Å². The quantitative estimate of drug-likeness (QED) is 0.743. The molecule has 1 heterocycles. The number of fused-ring (bicyclic) bond motifs is 1. The lowest BCUT2D eigenvalue weighted by atomic mass is 10.1. The SMILES string of the molecule is CCCCCCCCN1C(=O)Cc2ccc(C(=O)O)cc21. The van der Waals surface area contributed by atoms with Gasteiger partial charge in [-0.25, -0.2) is 4.79 Å². The second kappa shape index (κ2) is 7.25. The lowest BCUT2D eigenvalue weighted by Crippen LogP contribution is -2.27. The Bertz CT molecular complexity index is 525. The van der Waals surface area contributed by atoms with Crippen molar-refractivity contribution >= 4 is 17.6 Å². The summed E-state index contributed by atoms with van der Waals surface area (Å²) >= 11 is 0. The number of unbranched alkanes of at least 4 members (excludes halogenated alkanes) is 5. The number of carboxylic acids is 1. The monoisotopic (exact) mass is 289 g/mol. The second-order valence-electron chi connectivity index (χ2n) is 5.64. The van der Waals surface area contributed by atoms with E-state index in [1.807, 2.05) is 0 Å². The largest absolute Gasteiger partial charge is 0.478 e. The van der Waals surface area contributed by atoms with Crippen LogP contribution in [0.1, 0.15) is 61.4 Å². The van der Waals surface area contributed by atoms with E-state index in [0.29, 0.717) is 13.0 Å². The number of benzene rings is 1. The fourth-order valence-electron chi connectivity index (χ4n) is 2.79. The van der Waals surface area contributed by atoms with Crippen LogP contribution in [0.15, 0.2) is 18.2 Å². The lowest BCUT2D eigenvalue weighted by molar-refractivity contribution is -0.117. The number of rotatable bonds is 8. The molecule has 1 aromatic rings. The highest BCUT2D eigenvalue weighted by Crippen LogP contribution is 2.30. The molecular weight excluding hydrogens is 266 g/mol. The van der Waals surface area contributed by atoms with Crippen molar-refractivity contribution in [2.75, 3.05) is 11.4 Å². The molecule has 0 spiro atoms. The van der Waals surface area contributed by atoms with Gasteiger partial charge in [-0.1, -0.05) is 45.1 Å². The van der Waals surface area contributed by atoms with Crippen LogP contribution in [0.25, 0.3) is 0 Å². The van der Waals surface area contributed by atoms with Gasteiger partial charge >= 0.3 is 5.97 Å². The van der Waals surface area contributed by atoms with Crippen LogP contribution in [0, 0.1) is 0 Å². The van der Waals surface area contributed by atoms with Crippen molar-refractivity contribution in [3.63, 3.8) is 0 Å². The molecule has 0 aliphatic carbocycles. The van der Waals surface area contributed by atoms with Crippen LogP contribution in [-0.4, -0.2) is 23.5 Å². The molecule has 0 saturated carbocycles. The molecule has 1 amide bonds. The van der Waals surface area contributed by atoms with E-state index in [1.165, 1.54) is 25.7 Å². The molecule has 21 heavy (non-hydrogen) atoms. The zero-order valence-electron chi connectivity index (χ0n) is 12.6. The number of carboxylic acid groups (broad SMARTS) is 1. The normalized spacial score (nSPS) is 13.6. The van der Waals surface area contributed by atoms with Crippen molar-refractivity contribution in [3.8, 4) is 0 Å². The molecule has 0 aromatic heterocycles. The van der Waals surface area contributed by atoms with E-state index in [-0.39, 0.29) is 11.5 Å². The van der Waals surface area contributed by atoms with E-state index < -0.39 is 5.97 Å². The molecule has 114 valence electrons. The third-order valence-corrected chi connectivity index (χ3v) is 4.00. The topological polar surface area (TPSA) is 57.6 Å². The first kappa shape index (κ1) is 15.5. The van der Waals surface area contributed by atoms with Crippen LogP contribution in [0.4, 0.5) is 5.69 Å². The van der Waals surface area contributed by atoms with Crippen LogP contribution in [0.5, 0.6) is 0 Å². The highest BCUT2D eigenvalue weighted by Gasteiger charge is 2.27. The van der Waals surface area contributed by atoms with Crippen molar-refractivity contribution < 1.29 is 14.7 Å². The summed E-state index contributed by atoms with van der Waals surface area (Å²) in [5.41, 5.74) is 1.97. The molecular formula is C17H23NO3. The molecule has 1 aromatic carbocycles. The van der Waals surface area contributed by atoms with Crippen LogP contribution in [0.2, 0.25) is 0 Å². The van der Waals surface area contributed by atoms with E-state index in [9.17, 15) is 9.59 Å². The molecule has 4 heteroatoms. The van der Waals surface area contributed by atoms with Crippen LogP contribution in [0.3, 0.4) is 0 Å². The Labute approximate surface area is 125 Å². The Balaban J connectivity index is 1.94. The van der Waals surface area contributed by atoms with Crippen LogP contribution >= 0.6 is 0 Å². The van der Waals surface area contributed by atoms with Gasteiger partial charge in [-0.15, -0.1) is 0 Å². The van der Waals surface area contributed by atoms with Crippen LogP contribution < -0.4 is 4.90 Å². The van der Waals surface area contributed by atoms with E-state index >= 15 is 0 Å². The first-order chi connectivity index (χ1) is 10.1. The maximum absolute atomic E-state index is 12.1. The van der Waals surface area contributed by atoms with Gasteiger partial charge in [0.2, 0.25) is 5.91 Å². The number of hydrogen-bond donors (Lipinski definition) is 1. The van der Waals surface area contributed by atoms with Gasteiger partial charge in [-0.05, 0) is 24.1 Å². The molecule has 0 atom stereocenters. The Morgan fingerprint density at radius 1 is 1.19 bits per heavy atom. The number of aromatic carboxylic acids is 1. The first-order valence-corrected chi connectivity index (χ1v) is 7.80. The minimum Gasteiger partial charge on any atom is -0.478 e. The Morgan fingerprint density at radius 2 is 1.90 bits per heavy atom. The zero-order chi connectivity index (χ0) is 15.2. The van der Waals surface area contributed by atoms with Gasteiger partial charge in [0.25, 0.3) is 0 Å². The molecule has 1 aliphatic heterocycles. The Hall–Kier alpha value is -1.84. The van der Waals surface area contributed by atoms with Crippen molar-refractivity contribution in [3.05, 3.63) is 29.3 Å². The minimum atomic E-state index is -0.948. The van der Waals surface area contributed by atoms with Gasteiger partial charge in [0.1, 0.15) is 0 Å². The molecule has 1 N–H and O–H groups in total. The van der Waals surface area contributed by atoms with Crippen molar-refractivity contribution in [2.24, 2.45) is 0 Å². The van der Waals surface area contributed by atoms with E-state index in [2.05, 4.69) is 6.92 Å². The van der Waals surface area contributed by atoms with E-state index in [4.69, 9.17) is 5.11 Å². The van der Waals surface area contributed by atoms with Gasteiger partial charge < -0.3 is 10.0 Å². The summed E-state index contributed by atoms with van der Waals surface area (Å²) in [6, 6.07) is 4.96. The minimum absolute atomic E-state index is 0.0843. The smallest absolute Gasteiger partial charge is 0.335 e. The predicted molar refractivity (Wildman–Crippen MR) is 82.8 cm³/mol. The van der Waals surface area contributed by atoms with Gasteiger partial charge in [0.15, 0.2) is 0 Å². The molecule has 0 bridgehead atoms. The number of hydrogen-bond acceptors (Lipinski definition) is 2. The van der Waals surface area contributed by atoms with Crippen molar-refractivity contribution in [1.82, 2.24) is 0 Å². The first-order valence-electron chi connectivity index (χ1n) is 7.80. The zero-order valence-corrected chi connectivity index (χ0v) is 12.6. The highest BCUT2D eigenvalue weighted by molar-refractivity contribution is 6.03. The number of nitrogens with zero attached hydrogens (tertiary/aromatic N) is 1. The third-order valence-electron chi connectivity index (χ3n) is 4.00. The average Bonchev–Trinajstić information content (AvgIpc) is 2.77. The standard InChI is InChI=1S/C17H23NO3/c1-2-3-4-5-6-7-10-18-15-11-14(17(20)21)9-8-13(15)12-16(18)19/h8-9,11H,2-7,10,12H2,1H3,(H,20,21). The molecule has 1 aliphatic rings. The van der Waals surface area contributed by atoms with Gasteiger partial charge in [0.05, 0.1) is 12.0 Å². The Kier molecular flexibility index (Phi) is 5.37. The maximum atomic E-state index is 12.1. The highest BCUT2D eigenvalue weighted by atomic mass is 16.4. The molecule has 0 radical (unpaired) electrons. The van der Waals surface area contributed by atoms with Gasteiger partial charge in [-0.3, -0.25) is 4.79 Å². The summed E-state index contributed by atoms with van der Waals surface area (Å²) in [5, 5.41) is 9.06. The van der Waals surface area contributed by atoms with Gasteiger partial charge in [0, 0.05) is 12.2 Å². The molecule has 0 fully saturated rings. The Morgan fingerprint density at radius 3 is 2.62 bits per heavy atom. The number of carbonyl (C=O) groups is 2. The fraction of sp³-hybridized carbons (Fsp3) is 0.529. The summed E-state index contributed by atoms with van der Waals surface area (Å²) in [5.74, 6) is -0.863. The molecule has 0 saturated heterocycles. The number of anilines is 1. The second-order valence-corrected chi connectivity index (χ2v) is 5.64. The average molecular weight is 289 g/mol.